The van der Waals surface area contributed by atoms with Gasteiger partial charge >= 0.3 is 0 Å². The van der Waals surface area contributed by atoms with Crippen LogP contribution in [0, 0.1) is 17.0 Å². The molecule has 8 nitrogen and oxygen atoms in total. The Morgan fingerprint density at radius 2 is 1.74 bits per heavy atom. The van der Waals surface area contributed by atoms with E-state index in [4.69, 9.17) is 0 Å². The molecule has 0 aliphatic heterocycles. The first-order chi connectivity index (χ1) is 18.5. The third-order valence-corrected chi connectivity index (χ3v) is 8.60. The monoisotopic (exact) mass is 611 g/mol. The molecular weight excluding hydrogens is 582 g/mol. The summed E-state index contributed by atoms with van der Waals surface area (Å²) < 4.78 is 31.9. The lowest BCUT2D eigenvalue weighted by molar-refractivity contribution is -0.481. The van der Waals surface area contributed by atoms with Crippen LogP contribution in [0.15, 0.2) is 76.1 Å². The third kappa shape index (κ3) is 6.23. The van der Waals surface area contributed by atoms with Crippen molar-refractivity contribution in [3.63, 3.8) is 0 Å². The van der Waals surface area contributed by atoms with E-state index >= 15 is 0 Å². The summed E-state index contributed by atoms with van der Waals surface area (Å²) in [6.07, 6.45) is 2.73. The predicted molar refractivity (Wildman–Crippen MR) is 157 cm³/mol. The van der Waals surface area contributed by atoms with Gasteiger partial charge < -0.3 is 0 Å². The van der Waals surface area contributed by atoms with Gasteiger partial charge in [-0.2, -0.15) is 0 Å². The zero-order valence-corrected chi connectivity index (χ0v) is 24.4. The minimum Gasteiger partial charge on any atom is -0.274 e. The standard InChI is InChI=1S/C29H30BrN3O5S/c1-4-5-6-21-9-16-27-25(17-21)28(26(18-32(35)36)22-10-12-23(30)13-11-22)29(33(27)20(3)34)31-39(37,38)24-14-7-19(2)8-15-24/h7-17,26,31H,4-6,18H2,1-3H3. The number of carbonyl (C=O) groups excluding carboxylic acids is 1. The summed E-state index contributed by atoms with van der Waals surface area (Å²) in [5, 5.41) is 12.5. The van der Waals surface area contributed by atoms with Crippen molar-refractivity contribution in [3.05, 3.63) is 104 Å². The Labute approximate surface area is 236 Å². The van der Waals surface area contributed by atoms with Crippen LogP contribution in [0.5, 0.6) is 0 Å². The summed E-state index contributed by atoms with van der Waals surface area (Å²) in [5.74, 6) is -1.22. The summed E-state index contributed by atoms with van der Waals surface area (Å²) in [7, 11) is -4.13. The fourth-order valence-electron chi connectivity index (χ4n) is 4.79. The molecule has 3 aromatic carbocycles. The number of aromatic nitrogens is 1. The quantitative estimate of drug-likeness (QED) is 0.154. The highest BCUT2D eigenvalue weighted by atomic mass is 79.9. The first-order valence-electron chi connectivity index (χ1n) is 12.7. The molecule has 0 bridgehead atoms. The number of carbonyl (C=O) groups is 1. The minimum atomic E-state index is -4.13. The third-order valence-electron chi connectivity index (χ3n) is 6.72. The first-order valence-corrected chi connectivity index (χ1v) is 14.9. The number of nitro groups is 1. The summed E-state index contributed by atoms with van der Waals surface area (Å²) in [6.45, 7) is 4.80. The molecule has 0 aliphatic carbocycles. The van der Waals surface area contributed by atoms with Crippen LogP contribution in [0.2, 0.25) is 0 Å². The van der Waals surface area contributed by atoms with Crippen molar-refractivity contribution in [2.24, 2.45) is 0 Å². The second-order valence-corrected chi connectivity index (χ2v) is 12.2. The summed E-state index contributed by atoms with van der Waals surface area (Å²) in [5.41, 5.74) is 3.42. The van der Waals surface area contributed by atoms with Gasteiger partial charge in [0.2, 0.25) is 12.5 Å². The number of rotatable bonds is 10. The van der Waals surface area contributed by atoms with Crippen LogP contribution < -0.4 is 4.72 Å². The van der Waals surface area contributed by atoms with Crippen molar-refractivity contribution in [2.45, 2.75) is 50.8 Å². The molecule has 4 rings (SSSR count). The molecule has 1 N–H and O–H groups in total. The smallest absolute Gasteiger partial charge is 0.263 e. The number of unbranched alkanes of at least 4 members (excludes halogenated alkanes) is 1. The predicted octanol–water partition coefficient (Wildman–Crippen LogP) is 6.92. The molecule has 4 aromatic rings. The van der Waals surface area contributed by atoms with Crippen molar-refractivity contribution in [1.82, 2.24) is 4.57 Å². The molecule has 10 heteroatoms. The zero-order chi connectivity index (χ0) is 28.3. The maximum absolute atomic E-state index is 13.6. The van der Waals surface area contributed by atoms with Crippen molar-refractivity contribution < 1.29 is 18.1 Å². The molecule has 0 amide bonds. The van der Waals surface area contributed by atoms with Crippen molar-refractivity contribution in [3.8, 4) is 0 Å². The van der Waals surface area contributed by atoms with Gasteiger partial charge in [0.1, 0.15) is 5.82 Å². The highest BCUT2D eigenvalue weighted by Crippen LogP contribution is 2.41. The zero-order valence-electron chi connectivity index (χ0n) is 22.0. The summed E-state index contributed by atoms with van der Waals surface area (Å²) >= 11 is 3.41. The van der Waals surface area contributed by atoms with Gasteiger partial charge in [-0.1, -0.05) is 65.2 Å². The maximum Gasteiger partial charge on any atom is 0.263 e. The maximum atomic E-state index is 13.6. The number of anilines is 1. The number of benzene rings is 3. The van der Waals surface area contributed by atoms with Gasteiger partial charge in [-0.05, 0) is 67.3 Å². The summed E-state index contributed by atoms with van der Waals surface area (Å²) in [4.78, 5) is 24.6. The average molecular weight is 613 g/mol. The molecule has 1 heterocycles. The topological polar surface area (TPSA) is 111 Å². The van der Waals surface area contributed by atoms with Gasteiger partial charge in [0.15, 0.2) is 0 Å². The van der Waals surface area contributed by atoms with Crippen LogP contribution in [-0.2, 0) is 16.4 Å². The van der Waals surface area contributed by atoms with Gasteiger partial charge in [-0.3, -0.25) is 24.2 Å². The lowest BCUT2D eigenvalue weighted by atomic mass is 9.89. The van der Waals surface area contributed by atoms with Gasteiger partial charge in [0.05, 0.1) is 16.3 Å². The number of nitrogens with one attached hydrogen (secondary N) is 1. The Morgan fingerprint density at radius 3 is 2.33 bits per heavy atom. The number of fused-ring (bicyclic) bond motifs is 1. The highest BCUT2D eigenvalue weighted by Gasteiger charge is 2.32. The van der Waals surface area contributed by atoms with Gasteiger partial charge in [0.25, 0.3) is 10.0 Å². The average Bonchev–Trinajstić information content (AvgIpc) is 3.19. The molecule has 39 heavy (non-hydrogen) atoms. The van der Waals surface area contributed by atoms with Crippen molar-refractivity contribution in [2.75, 3.05) is 11.3 Å². The molecule has 1 aromatic heterocycles. The van der Waals surface area contributed by atoms with Crippen molar-refractivity contribution >= 4 is 48.6 Å². The van der Waals surface area contributed by atoms with E-state index in [1.807, 2.05) is 19.1 Å². The van der Waals surface area contributed by atoms with Crippen LogP contribution in [0.25, 0.3) is 10.9 Å². The number of sulfonamides is 1. The van der Waals surface area contributed by atoms with Crippen LogP contribution >= 0.6 is 15.9 Å². The Morgan fingerprint density at radius 1 is 1.08 bits per heavy atom. The molecule has 0 saturated heterocycles. The molecule has 0 radical (unpaired) electrons. The van der Waals surface area contributed by atoms with E-state index in [0.29, 0.717) is 22.0 Å². The number of hydrogen-bond donors (Lipinski definition) is 1. The van der Waals surface area contributed by atoms with E-state index in [1.54, 1.807) is 42.5 Å². The Hall–Kier alpha value is -3.50. The number of hydrogen-bond acceptors (Lipinski definition) is 5. The van der Waals surface area contributed by atoms with Crippen LogP contribution in [0.4, 0.5) is 5.82 Å². The van der Waals surface area contributed by atoms with Crippen LogP contribution in [0.3, 0.4) is 0 Å². The Kier molecular flexibility index (Phi) is 8.56. The Balaban J connectivity index is 2.04. The van der Waals surface area contributed by atoms with Crippen LogP contribution in [0.1, 0.15) is 59.7 Å². The fraction of sp³-hybridized carbons (Fsp3) is 0.276. The molecule has 1 unspecified atom stereocenters. The van der Waals surface area contributed by atoms with Gasteiger partial charge in [-0.25, -0.2) is 8.42 Å². The van der Waals surface area contributed by atoms with E-state index in [2.05, 4.69) is 27.6 Å². The first kappa shape index (κ1) is 28.5. The van der Waals surface area contributed by atoms with Crippen molar-refractivity contribution in [1.29, 1.82) is 0 Å². The molecule has 0 fully saturated rings. The molecule has 0 spiro atoms. The van der Waals surface area contributed by atoms with E-state index in [0.717, 1.165) is 34.9 Å². The minimum absolute atomic E-state index is 0.0143. The second kappa shape index (κ2) is 11.7. The number of halogens is 1. The largest absolute Gasteiger partial charge is 0.274 e. The number of aryl methyl sites for hydroxylation is 2. The number of nitrogens with zero attached hydrogens (tertiary/aromatic N) is 2. The molecule has 0 saturated carbocycles. The van der Waals surface area contributed by atoms with E-state index in [9.17, 15) is 23.3 Å². The lowest BCUT2D eigenvalue weighted by Gasteiger charge is -2.18. The lowest BCUT2D eigenvalue weighted by Crippen LogP contribution is -2.21. The van der Waals surface area contributed by atoms with Crippen LogP contribution in [-0.4, -0.2) is 30.4 Å². The normalized spacial score (nSPS) is 12.4. The SMILES string of the molecule is CCCCc1ccc2c(c1)c(C(C[N+](=O)[O-])c1ccc(Br)cc1)c(NS(=O)(=O)c1ccc(C)cc1)n2C(C)=O. The molecular formula is C29H30BrN3O5S. The van der Waals surface area contributed by atoms with Gasteiger partial charge in [0, 0.05) is 27.3 Å². The summed E-state index contributed by atoms with van der Waals surface area (Å²) in [6, 6.07) is 19.1. The molecule has 0 aliphatic rings. The fourth-order valence-corrected chi connectivity index (χ4v) is 6.12. The van der Waals surface area contributed by atoms with Gasteiger partial charge in [-0.15, -0.1) is 0 Å². The molecule has 1 atom stereocenters. The van der Waals surface area contributed by atoms with E-state index < -0.39 is 33.3 Å². The second-order valence-electron chi connectivity index (χ2n) is 9.61. The molecule has 204 valence electrons. The van der Waals surface area contributed by atoms with E-state index in [-0.39, 0.29) is 10.7 Å². The van der Waals surface area contributed by atoms with E-state index in [1.165, 1.54) is 23.6 Å². The Bertz CT molecular complexity index is 1630. The highest BCUT2D eigenvalue weighted by molar-refractivity contribution is 9.10.